The van der Waals surface area contributed by atoms with E-state index in [1.165, 1.54) is 44.6 Å². The number of nitro groups is 1. The van der Waals surface area contributed by atoms with Gasteiger partial charge in [-0.25, -0.2) is 0 Å². The first-order chi connectivity index (χ1) is 16.0. The molecule has 9 nitrogen and oxygen atoms in total. The number of nitrogens with zero attached hydrogens (tertiary/aromatic N) is 2. The van der Waals surface area contributed by atoms with Gasteiger partial charge in [0.25, 0.3) is 11.6 Å². The Balaban J connectivity index is 1.50. The van der Waals surface area contributed by atoms with Crippen molar-refractivity contribution in [3.8, 4) is 17.2 Å². The molecule has 3 aromatic rings. The summed E-state index contributed by atoms with van der Waals surface area (Å²) in [5.41, 5.74) is -0.00370. The average Bonchev–Trinajstić information content (AvgIpc) is 3.28. The fourth-order valence-electron chi connectivity index (χ4n) is 3.77. The van der Waals surface area contributed by atoms with Crippen LogP contribution in [-0.2, 0) is 6.54 Å². The number of carbonyl (C=O) groups excluding carboxylic acids is 1. The van der Waals surface area contributed by atoms with Crippen molar-refractivity contribution >= 4 is 17.3 Å². The Morgan fingerprint density at radius 1 is 1.09 bits per heavy atom. The van der Waals surface area contributed by atoms with Gasteiger partial charge in [-0.1, -0.05) is 18.6 Å². The van der Waals surface area contributed by atoms with Crippen LogP contribution in [0.25, 0.3) is 0 Å². The number of carbonyl (C=O) groups is 1. The maximum Gasteiger partial charge on any atom is 0.291 e. The lowest BCUT2D eigenvalue weighted by Gasteiger charge is -2.25. The summed E-state index contributed by atoms with van der Waals surface area (Å²) < 4.78 is 16.8. The van der Waals surface area contributed by atoms with Crippen molar-refractivity contribution < 1.29 is 23.6 Å². The van der Waals surface area contributed by atoms with Gasteiger partial charge in [0.1, 0.15) is 11.5 Å². The van der Waals surface area contributed by atoms with E-state index in [0.717, 1.165) is 13.1 Å². The third-order valence-electron chi connectivity index (χ3n) is 5.37. The van der Waals surface area contributed by atoms with Crippen molar-refractivity contribution in [2.24, 2.45) is 0 Å². The number of amides is 1. The quantitative estimate of drug-likeness (QED) is 0.369. The summed E-state index contributed by atoms with van der Waals surface area (Å²) in [4.78, 5) is 25.9. The fourth-order valence-corrected chi connectivity index (χ4v) is 3.77. The van der Waals surface area contributed by atoms with Crippen LogP contribution < -0.4 is 14.8 Å². The van der Waals surface area contributed by atoms with Gasteiger partial charge in [-0.15, -0.1) is 0 Å². The summed E-state index contributed by atoms with van der Waals surface area (Å²) in [5.74, 6) is 1.41. The fraction of sp³-hybridized carbons (Fsp3) is 0.292. The zero-order chi connectivity index (χ0) is 23.2. The van der Waals surface area contributed by atoms with Crippen molar-refractivity contribution in [3.05, 3.63) is 76.2 Å². The second-order valence-corrected chi connectivity index (χ2v) is 7.78. The van der Waals surface area contributed by atoms with Crippen molar-refractivity contribution in [1.29, 1.82) is 0 Å². The van der Waals surface area contributed by atoms with Crippen LogP contribution in [0.3, 0.4) is 0 Å². The normalized spacial score (nSPS) is 14.0. The Bertz CT molecular complexity index is 1140. The van der Waals surface area contributed by atoms with Gasteiger partial charge in [0.2, 0.25) is 0 Å². The third-order valence-corrected chi connectivity index (χ3v) is 5.37. The summed E-state index contributed by atoms with van der Waals surface area (Å²) in [5, 5.41) is 14.1. The van der Waals surface area contributed by atoms with Crippen LogP contribution in [0.15, 0.2) is 59.0 Å². The van der Waals surface area contributed by atoms with E-state index in [1.54, 1.807) is 36.4 Å². The molecule has 1 amide bonds. The first kappa shape index (κ1) is 22.3. The van der Waals surface area contributed by atoms with Crippen LogP contribution in [0.4, 0.5) is 11.4 Å². The number of methoxy groups -OCH3 is 1. The molecular weight excluding hydrogens is 426 g/mol. The van der Waals surface area contributed by atoms with Crippen LogP contribution in [0.5, 0.6) is 17.2 Å². The molecule has 4 rings (SSSR count). The highest BCUT2D eigenvalue weighted by atomic mass is 16.6. The summed E-state index contributed by atoms with van der Waals surface area (Å²) in [7, 11) is 1.50. The van der Waals surface area contributed by atoms with E-state index in [4.69, 9.17) is 13.9 Å². The van der Waals surface area contributed by atoms with E-state index in [1.807, 2.05) is 0 Å². The third kappa shape index (κ3) is 5.69. The lowest BCUT2D eigenvalue weighted by molar-refractivity contribution is -0.384. The van der Waals surface area contributed by atoms with E-state index in [9.17, 15) is 14.9 Å². The molecule has 172 valence electrons. The number of rotatable bonds is 8. The molecular formula is C24H25N3O6. The number of benzene rings is 2. The molecule has 0 bridgehead atoms. The molecule has 0 aliphatic carbocycles. The molecule has 9 heteroatoms. The van der Waals surface area contributed by atoms with Gasteiger partial charge in [0.05, 0.1) is 30.3 Å². The minimum atomic E-state index is -0.547. The van der Waals surface area contributed by atoms with Gasteiger partial charge in [-0.3, -0.25) is 19.8 Å². The number of para-hydroxylation sites is 2. The Morgan fingerprint density at radius 3 is 2.58 bits per heavy atom. The molecule has 1 aromatic heterocycles. The molecule has 0 saturated carbocycles. The first-order valence-electron chi connectivity index (χ1n) is 10.7. The van der Waals surface area contributed by atoms with Crippen molar-refractivity contribution in [2.45, 2.75) is 25.8 Å². The van der Waals surface area contributed by atoms with E-state index in [-0.39, 0.29) is 22.9 Å². The molecule has 0 unspecified atom stereocenters. The number of nitro benzene ring substituents is 1. The Morgan fingerprint density at radius 2 is 1.85 bits per heavy atom. The number of non-ortho nitro benzene ring substituents is 1. The highest BCUT2D eigenvalue weighted by molar-refractivity contribution is 6.02. The number of piperidine rings is 1. The summed E-state index contributed by atoms with van der Waals surface area (Å²) in [6, 6.07) is 14.4. The number of ether oxygens (including phenoxy) is 2. The number of hydrogen-bond acceptors (Lipinski definition) is 7. The van der Waals surface area contributed by atoms with Crippen LogP contribution >= 0.6 is 0 Å². The maximum absolute atomic E-state index is 12.7. The van der Waals surface area contributed by atoms with Crippen molar-refractivity contribution in [3.63, 3.8) is 0 Å². The molecule has 1 aliphatic heterocycles. The van der Waals surface area contributed by atoms with Crippen LogP contribution in [0.2, 0.25) is 0 Å². The highest BCUT2D eigenvalue weighted by Gasteiger charge is 2.18. The minimum Gasteiger partial charge on any atom is -0.493 e. The zero-order valence-electron chi connectivity index (χ0n) is 18.3. The van der Waals surface area contributed by atoms with E-state index in [2.05, 4.69) is 10.2 Å². The SMILES string of the molecule is COc1ccccc1Oc1cc(NC(=O)c2ccc(CN3CCCCC3)o2)cc([N+](=O)[O-])c1. The molecule has 1 N–H and O–H groups in total. The molecule has 2 aromatic carbocycles. The average molecular weight is 451 g/mol. The highest BCUT2D eigenvalue weighted by Crippen LogP contribution is 2.34. The molecule has 1 fully saturated rings. The predicted molar refractivity (Wildman–Crippen MR) is 122 cm³/mol. The Hall–Kier alpha value is -3.85. The monoisotopic (exact) mass is 451 g/mol. The van der Waals surface area contributed by atoms with Gasteiger partial charge in [-0.05, 0) is 50.2 Å². The number of anilines is 1. The predicted octanol–water partition coefficient (Wildman–Crippen LogP) is 5.23. The first-order valence-corrected chi connectivity index (χ1v) is 10.7. The van der Waals surface area contributed by atoms with E-state index < -0.39 is 10.8 Å². The molecule has 2 heterocycles. The summed E-state index contributed by atoms with van der Waals surface area (Å²) in [6.45, 7) is 2.69. The molecule has 1 aliphatic rings. The standard InChI is InChI=1S/C24H25N3O6/c1-31-21-7-3-4-8-22(21)33-20-14-17(13-18(15-20)27(29)30)25-24(28)23-10-9-19(32-23)16-26-11-5-2-6-12-26/h3-4,7-10,13-15H,2,5-6,11-12,16H2,1H3,(H,25,28). The van der Waals surface area contributed by atoms with Gasteiger partial charge in [-0.2, -0.15) is 0 Å². The minimum absolute atomic E-state index is 0.140. The summed E-state index contributed by atoms with van der Waals surface area (Å²) in [6.07, 6.45) is 3.58. The lowest BCUT2D eigenvalue weighted by Crippen LogP contribution is -2.28. The largest absolute Gasteiger partial charge is 0.493 e. The number of hydrogen-bond donors (Lipinski definition) is 1. The number of likely N-dealkylation sites (tertiary alicyclic amines) is 1. The molecule has 1 saturated heterocycles. The molecule has 0 radical (unpaired) electrons. The number of furan rings is 1. The lowest BCUT2D eigenvalue weighted by atomic mass is 10.1. The number of nitrogens with one attached hydrogen (secondary N) is 1. The van der Waals surface area contributed by atoms with Gasteiger partial charge >= 0.3 is 0 Å². The van der Waals surface area contributed by atoms with Crippen molar-refractivity contribution in [1.82, 2.24) is 4.90 Å². The Labute approximate surface area is 191 Å². The van der Waals surface area contributed by atoms with E-state index in [0.29, 0.717) is 23.8 Å². The second-order valence-electron chi connectivity index (χ2n) is 7.78. The second kappa shape index (κ2) is 10.2. The van der Waals surface area contributed by atoms with Gasteiger partial charge < -0.3 is 19.2 Å². The Kier molecular flexibility index (Phi) is 6.89. The molecule has 0 atom stereocenters. The van der Waals surface area contributed by atoms with Gasteiger partial charge in [0, 0.05) is 12.1 Å². The topological polar surface area (TPSA) is 107 Å². The van der Waals surface area contributed by atoms with Crippen molar-refractivity contribution in [2.75, 3.05) is 25.5 Å². The molecule has 33 heavy (non-hydrogen) atoms. The maximum atomic E-state index is 12.7. The smallest absolute Gasteiger partial charge is 0.291 e. The zero-order valence-corrected chi connectivity index (χ0v) is 18.3. The van der Waals surface area contributed by atoms with E-state index >= 15 is 0 Å². The van der Waals surface area contributed by atoms with Crippen LogP contribution in [-0.4, -0.2) is 35.9 Å². The van der Waals surface area contributed by atoms with Gasteiger partial charge in [0.15, 0.2) is 17.3 Å². The van der Waals surface area contributed by atoms with Crippen LogP contribution in [0, 0.1) is 10.1 Å². The summed E-state index contributed by atoms with van der Waals surface area (Å²) >= 11 is 0. The molecule has 0 spiro atoms. The van der Waals surface area contributed by atoms with Crippen LogP contribution in [0.1, 0.15) is 35.6 Å².